The normalized spacial score (nSPS) is 20.5. The molecule has 1 aromatic rings. The van der Waals surface area contributed by atoms with E-state index in [1.807, 2.05) is 0 Å². The first-order valence-corrected chi connectivity index (χ1v) is 5.43. The third kappa shape index (κ3) is 2.21. The van der Waals surface area contributed by atoms with Crippen molar-refractivity contribution in [1.29, 1.82) is 0 Å². The quantitative estimate of drug-likeness (QED) is 0.314. The fraction of sp³-hybridized carbons (Fsp3) is 0.364. The number of amidine groups is 1. The summed E-state index contributed by atoms with van der Waals surface area (Å²) in [6.45, 7) is 0.578. The van der Waals surface area contributed by atoms with Crippen LogP contribution in [0.4, 0.5) is 14.5 Å². The number of aliphatic hydroxyl groups is 1. The van der Waals surface area contributed by atoms with Crippen LogP contribution in [-0.4, -0.2) is 35.3 Å². The molecule has 0 aliphatic carbocycles. The summed E-state index contributed by atoms with van der Waals surface area (Å²) in [5.74, 6) is -1.96. The van der Waals surface area contributed by atoms with E-state index >= 15 is 0 Å². The molecule has 0 bridgehead atoms. The second-order valence-corrected chi connectivity index (χ2v) is 4.16. The molecule has 0 spiro atoms. The van der Waals surface area contributed by atoms with Crippen LogP contribution in [0.1, 0.15) is 12.0 Å². The van der Waals surface area contributed by atoms with E-state index in [2.05, 4.69) is 5.16 Å². The number of nitrogens with zero attached hydrogens (tertiary/aromatic N) is 2. The molecular formula is C11H13F2N3O2. The maximum Gasteiger partial charge on any atom is 0.170 e. The number of halogens is 2. The molecule has 1 aliphatic heterocycles. The first-order chi connectivity index (χ1) is 8.52. The lowest BCUT2D eigenvalue weighted by Gasteiger charge is -2.19. The molecule has 1 fully saturated rings. The predicted octanol–water partition coefficient (Wildman–Crippen LogP) is 0.630. The SMILES string of the molecule is N/C(=N/O)c1cc(F)c(N2CCC(O)C2)c(F)c1. The zero-order valence-electron chi connectivity index (χ0n) is 9.48. The molecule has 1 aromatic carbocycles. The first kappa shape index (κ1) is 12.6. The molecule has 1 heterocycles. The number of benzene rings is 1. The van der Waals surface area contributed by atoms with Gasteiger partial charge in [0.25, 0.3) is 0 Å². The highest BCUT2D eigenvalue weighted by Gasteiger charge is 2.26. The molecular weight excluding hydrogens is 244 g/mol. The minimum absolute atomic E-state index is 0.0315. The van der Waals surface area contributed by atoms with Gasteiger partial charge in [-0.15, -0.1) is 0 Å². The van der Waals surface area contributed by atoms with Crippen molar-refractivity contribution in [2.75, 3.05) is 18.0 Å². The fourth-order valence-electron chi connectivity index (χ4n) is 2.02. The van der Waals surface area contributed by atoms with Gasteiger partial charge in [-0.1, -0.05) is 5.16 Å². The molecule has 0 radical (unpaired) electrons. The Bertz CT molecular complexity index is 470. The molecule has 1 atom stereocenters. The third-order valence-electron chi connectivity index (χ3n) is 2.90. The maximum absolute atomic E-state index is 13.8. The van der Waals surface area contributed by atoms with Gasteiger partial charge in [0.2, 0.25) is 0 Å². The van der Waals surface area contributed by atoms with Crippen molar-refractivity contribution < 1.29 is 19.1 Å². The maximum atomic E-state index is 13.8. The average Bonchev–Trinajstić information content (AvgIpc) is 2.73. The van der Waals surface area contributed by atoms with Crippen molar-refractivity contribution in [3.8, 4) is 0 Å². The highest BCUT2D eigenvalue weighted by atomic mass is 19.1. The Kier molecular flexibility index (Phi) is 3.33. The van der Waals surface area contributed by atoms with Crippen molar-refractivity contribution in [2.45, 2.75) is 12.5 Å². The van der Waals surface area contributed by atoms with Crippen molar-refractivity contribution in [3.05, 3.63) is 29.3 Å². The number of rotatable bonds is 2. The van der Waals surface area contributed by atoms with Crippen molar-refractivity contribution in [1.82, 2.24) is 0 Å². The lowest BCUT2D eigenvalue weighted by atomic mass is 10.1. The molecule has 2 rings (SSSR count). The smallest absolute Gasteiger partial charge is 0.170 e. The Morgan fingerprint density at radius 1 is 1.39 bits per heavy atom. The first-order valence-electron chi connectivity index (χ1n) is 5.43. The van der Waals surface area contributed by atoms with Gasteiger partial charge in [-0.05, 0) is 18.6 Å². The zero-order valence-corrected chi connectivity index (χ0v) is 9.48. The fourth-order valence-corrected chi connectivity index (χ4v) is 2.02. The summed E-state index contributed by atoms with van der Waals surface area (Å²) in [6.07, 6.45) is -0.103. The molecule has 7 heteroatoms. The lowest BCUT2D eigenvalue weighted by molar-refractivity contribution is 0.198. The van der Waals surface area contributed by atoms with Crippen LogP contribution >= 0.6 is 0 Å². The predicted molar refractivity (Wildman–Crippen MR) is 61.7 cm³/mol. The van der Waals surface area contributed by atoms with Gasteiger partial charge in [-0.25, -0.2) is 8.78 Å². The second kappa shape index (κ2) is 4.77. The summed E-state index contributed by atoms with van der Waals surface area (Å²) in [7, 11) is 0. The van der Waals surface area contributed by atoms with E-state index in [0.717, 1.165) is 12.1 Å². The van der Waals surface area contributed by atoms with Crippen LogP contribution < -0.4 is 10.6 Å². The Hall–Kier alpha value is -1.89. The molecule has 0 aromatic heterocycles. The van der Waals surface area contributed by atoms with Gasteiger partial charge in [0.05, 0.1) is 6.10 Å². The monoisotopic (exact) mass is 257 g/mol. The number of oxime groups is 1. The van der Waals surface area contributed by atoms with Crippen LogP contribution in [-0.2, 0) is 0 Å². The molecule has 1 unspecified atom stereocenters. The van der Waals surface area contributed by atoms with E-state index in [0.29, 0.717) is 13.0 Å². The van der Waals surface area contributed by atoms with E-state index in [4.69, 9.17) is 10.9 Å². The average molecular weight is 257 g/mol. The van der Waals surface area contributed by atoms with Crippen LogP contribution in [0, 0.1) is 11.6 Å². The van der Waals surface area contributed by atoms with Crippen molar-refractivity contribution in [2.24, 2.45) is 10.9 Å². The highest BCUT2D eigenvalue weighted by molar-refractivity contribution is 5.97. The Morgan fingerprint density at radius 2 is 2.00 bits per heavy atom. The Labute approximate surface area is 102 Å². The minimum atomic E-state index is -0.800. The van der Waals surface area contributed by atoms with Gasteiger partial charge in [0, 0.05) is 18.7 Å². The van der Waals surface area contributed by atoms with E-state index in [9.17, 15) is 13.9 Å². The van der Waals surface area contributed by atoms with Crippen LogP contribution in [0.25, 0.3) is 0 Å². The molecule has 4 N–H and O–H groups in total. The van der Waals surface area contributed by atoms with E-state index in [1.165, 1.54) is 4.90 Å². The van der Waals surface area contributed by atoms with Crippen LogP contribution in [0.2, 0.25) is 0 Å². The van der Waals surface area contributed by atoms with Gasteiger partial charge < -0.3 is 20.9 Å². The summed E-state index contributed by atoms with van der Waals surface area (Å²) in [5, 5.41) is 20.5. The van der Waals surface area contributed by atoms with Crippen LogP contribution in [0.5, 0.6) is 0 Å². The summed E-state index contributed by atoms with van der Waals surface area (Å²) >= 11 is 0. The summed E-state index contributed by atoms with van der Waals surface area (Å²) in [4.78, 5) is 1.44. The van der Waals surface area contributed by atoms with Crippen LogP contribution in [0.15, 0.2) is 17.3 Å². The largest absolute Gasteiger partial charge is 0.409 e. The number of anilines is 1. The van der Waals surface area contributed by atoms with Gasteiger partial charge >= 0.3 is 0 Å². The summed E-state index contributed by atoms with van der Waals surface area (Å²) in [5.41, 5.74) is 5.05. The van der Waals surface area contributed by atoms with E-state index in [-0.39, 0.29) is 23.6 Å². The molecule has 0 amide bonds. The number of hydrogen-bond donors (Lipinski definition) is 3. The highest BCUT2D eigenvalue weighted by Crippen LogP contribution is 2.28. The van der Waals surface area contributed by atoms with Crippen molar-refractivity contribution in [3.63, 3.8) is 0 Å². The molecule has 5 nitrogen and oxygen atoms in total. The minimum Gasteiger partial charge on any atom is -0.409 e. The number of hydrogen-bond acceptors (Lipinski definition) is 4. The lowest BCUT2D eigenvalue weighted by Crippen LogP contribution is -2.24. The Morgan fingerprint density at radius 3 is 2.44 bits per heavy atom. The van der Waals surface area contributed by atoms with E-state index in [1.54, 1.807) is 0 Å². The topological polar surface area (TPSA) is 82.1 Å². The van der Waals surface area contributed by atoms with Crippen LogP contribution in [0.3, 0.4) is 0 Å². The Balaban J connectivity index is 2.38. The number of β-amino-alcohol motifs (C(OH)–C–C–N with tert-alkyl or cyclic N) is 1. The second-order valence-electron chi connectivity index (χ2n) is 4.16. The van der Waals surface area contributed by atoms with E-state index < -0.39 is 17.7 Å². The summed E-state index contributed by atoms with van der Waals surface area (Å²) in [6, 6.07) is 2.00. The molecule has 98 valence electrons. The van der Waals surface area contributed by atoms with Crippen molar-refractivity contribution >= 4 is 11.5 Å². The van der Waals surface area contributed by atoms with Gasteiger partial charge in [0.15, 0.2) is 5.84 Å². The number of aliphatic hydroxyl groups excluding tert-OH is 1. The summed E-state index contributed by atoms with van der Waals surface area (Å²) < 4.78 is 27.7. The third-order valence-corrected chi connectivity index (χ3v) is 2.90. The molecule has 1 aliphatic rings. The molecule has 0 saturated carbocycles. The molecule has 18 heavy (non-hydrogen) atoms. The molecule has 1 saturated heterocycles. The standard InChI is InChI=1S/C11H13F2N3O2/c12-8-3-6(11(14)15-18)4-9(13)10(8)16-2-1-7(17)5-16/h3-4,7,17-18H,1-2,5H2,(H2,14,15). The zero-order chi connectivity index (χ0) is 13.3. The van der Waals surface area contributed by atoms with Gasteiger partial charge in [-0.2, -0.15) is 0 Å². The van der Waals surface area contributed by atoms with Gasteiger partial charge in [0.1, 0.15) is 17.3 Å². The van der Waals surface area contributed by atoms with Gasteiger partial charge in [-0.3, -0.25) is 0 Å². The number of nitrogens with two attached hydrogens (primary N) is 1.